The fourth-order valence-corrected chi connectivity index (χ4v) is 3.78. The Hall–Kier alpha value is -2.44. The molecule has 0 atom stereocenters. The lowest BCUT2D eigenvalue weighted by Gasteiger charge is -2.31. The molecule has 3 aromatic rings. The second-order valence-electron chi connectivity index (χ2n) is 6.57. The van der Waals surface area contributed by atoms with E-state index in [1.807, 2.05) is 6.20 Å². The Morgan fingerprint density at radius 3 is 2.92 bits per heavy atom. The molecule has 4 heterocycles. The van der Waals surface area contributed by atoms with Gasteiger partial charge in [0.05, 0.1) is 18.9 Å². The molecule has 1 aromatic carbocycles. The molecule has 128 valence electrons. The second-order valence-corrected chi connectivity index (χ2v) is 6.57. The molecule has 1 fully saturated rings. The molecule has 2 aromatic heterocycles. The molecule has 2 N–H and O–H groups in total. The fraction of sp³-hybridized carbons (Fsp3) is 0.368. The van der Waals surface area contributed by atoms with E-state index in [-0.39, 0.29) is 0 Å². The highest BCUT2D eigenvalue weighted by molar-refractivity contribution is 5.93. The number of hydrogen-bond acceptors (Lipinski definition) is 5. The van der Waals surface area contributed by atoms with Crippen molar-refractivity contribution in [1.82, 2.24) is 20.3 Å². The number of aromatic nitrogens is 3. The van der Waals surface area contributed by atoms with Crippen molar-refractivity contribution in [1.29, 1.82) is 0 Å². The lowest BCUT2D eigenvalue weighted by Crippen LogP contribution is -2.39. The van der Waals surface area contributed by atoms with Gasteiger partial charge in [-0.05, 0) is 25.1 Å². The Bertz CT molecular complexity index is 913. The van der Waals surface area contributed by atoms with Gasteiger partial charge in [0.2, 0.25) is 0 Å². The van der Waals surface area contributed by atoms with Crippen LogP contribution >= 0.6 is 0 Å². The topological polar surface area (TPSA) is 66.1 Å². The highest BCUT2D eigenvalue weighted by Gasteiger charge is 2.23. The number of benzene rings is 1. The van der Waals surface area contributed by atoms with Crippen molar-refractivity contribution in [3.8, 4) is 11.4 Å². The summed E-state index contributed by atoms with van der Waals surface area (Å²) in [6, 6.07) is 8.35. The normalized spacial score (nSPS) is 17.7. The Morgan fingerprint density at radius 2 is 2.00 bits per heavy atom. The summed E-state index contributed by atoms with van der Waals surface area (Å²) >= 11 is 0. The second kappa shape index (κ2) is 6.13. The number of ether oxygens (including phenoxy) is 1. The molecule has 6 heteroatoms. The van der Waals surface area contributed by atoms with Crippen molar-refractivity contribution in [3.05, 3.63) is 41.7 Å². The third kappa shape index (κ3) is 2.58. The van der Waals surface area contributed by atoms with Gasteiger partial charge in [-0.2, -0.15) is 0 Å². The number of nitrogens with one attached hydrogen (secondary N) is 2. The molecule has 0 radical (unpaired) electrons. The molecule has 0 aliphatic carbocycles. The molecular formula is C19H21N5O. The molecule has 6 nitrogen and oxygen atoms in total. The van der Waals surface area contributed by atoms with Crippen molar-refractivity contribution in [2.45, 2.75) is 13.0 Å². The highest BCUT2D eigenvalue weighted by atomic mass is 16.5. The first kappa shape index (κ1) is 14.9. The van der Waals surface area contributed by atoms with Gasteiger partial charge in [-0.15, -0.1) is 0 Å². The molecule has 0 spiro atoms. The monoisotopic (exact) mass is 335 g/mol. The van der Waals surface area contributed by atoms with E-state index in [4.69, 9.17) is 14.7 Å². The van der Waals surface area contributed by atoms with Crippen LogP contribution in [0.4, 0.5) is 5.82 Å². The van der Waals surface area contributed by atoms with E-state index in [2.05, 4.69) is 39.5 Å². The number of aromatic amines is 1. The van der Waals surface area contributed by atoms with Crippen molar-refractivity contribution in [2.75, 3.05) is 37.7 Å². The molecule has 2 aliphatic rings. The number of anilines is 1. The van der Waals surface area contributed by atoms with Crippen LogP contribution < -0.4 is 10.2 Å². The van der Waals surface area contributed by atoms with Gasteiger partial charge in [-0.25, -0.2) is 9.97 Å². The smallest absolute Gasteiger partial charge is 0.162 e. The average molecular weight is 335 g/mol. The van der Waals surface area contributed by atoms with Gasteiger partial charge in [-0.1, -0.05) is 12.1 Å². The Kier molecular flexibility index (Phi) is 3.64. The first-order valence-electron chi connectivity index (χ1n) is 8.90. The summed E-state index contributed by atoms with van der Waals surface area (Å²) in [7, 11) is 0. The fourth-order valence-electron chi connectivity index (χ4n) is 3.78. The summed E-state index contributed by atoms with van der Waals surface area (Å²) in [6.45, 7) is 5.11. The van der Waals surface area contributed by atoms with Crippen LogP contribution in [0.2, 0.25) is 0 Å². The maximum atomic E-state index is 5.53. The van der Waals surface area contributed by atoms with Gasteiger partial charge in [0.1, 0.15) is 5.82 Å². The first-order chi connectivity index (χ1) is 12.4. The van der Waals surface area contributed by atoms with E-state index >= 15 is 0 Å². The van der Waals surface area contributed by atoms with Crippen LogP contribution in [0.1, 0.15) is 11.3 Å². The number of rotatable bonds is 2. The lowest BCUT2D eigenvalue weighted by molar-refractivity contribution is 0.122. The van der Waals surface area contributed by atoms with Crippen LogP contribution in [0.25, 0.3) is 22.3 Å². The predicted molar refractivity (Wildman–Crippen MR) is 97.8 cm³/mol. The maximum Gasteiger partial charge on any atom is 0.162 e. The SMILES string of the molecule is c1cc(-c2nc3c(c(N4CCOCC4)n2)CCNC3)c2cc[nH]c2c1. The van der Waals surface area contributed by atoms with E-state index < -0.39 is 0 Å². The zero-order chi connectivity index (χ0) is 16.6. The Balaban J connectivity index is 1.68. The molecule has 0 unspecified atom stereocenters. The largest absolute Gasteiger partial charge is 0.378 e. The third-order valence-corrected chi connectivity index (χ3v) is 5.06. The summed E-state index contributed by atoms with van der Waals surface area (Å²) in [6.07, 6.45) is 2.95. The van der Waals surface area contributed by atoms with Gasteiger partial charge in [0.15, 0.2) is 5.82 Å². The van der Waals surface area contributed by atoms with E-state index in [9.17, 15) is 0 Å². The number of nitrogens with zero attached hydrogens (tertiary/aromatic N) is 3. The molecular weight excluding hydrogens is 314 g/mol. The molecule has 0 bridgehead atoms. The van der Waals surface area contributed by atoms with Crippen LogP contribution in [0, 0.1) is 0 Å². The van der Waals surface area contributed by atoms with Crippen molar-refractivity contribution < 1.29 is 4.74 Å². The van der Waals surface area contributed by atoms with Gasteiger partial charge in [-0.3, -0.25) is 0 Å². The maximum absolute atomic E-state index is 5.53. The van der Waals surface area contributed by atoms with Gasteiger partial charge in [0.25, 0.3) is 0 Å². The Labute approximate surface area is 146 Å². The van der Waals surface area contributed by atoms with E-state index in [0.717, 1.165) is 74.2 Å². The van der Waals surface area contributed by atoms with Crippen LogP contribution in [0.5, 0.6) is 0 Å². The van der Waals surface area contributed by atoms with Crippen LogP contribution in [-0.4, -0.2) is 47.8 Å². The molecule has 0 saturated carbocycles. The Morgan fingerprint density at radius 1 is 1.08 bits per heavy atom. The van der Waals surface area contributed by atoms with E-state index in [1.165, 1.54) is 10.9 Å². The van der Waals surface area contributed by atoms with Crippen LogP contribution in [0.3, 0.4) is 0 Å². The summed E-state index contributed by atoms with van der Waals surface area (Å²) in [5.41, 5.74) is 4.63. The molecule has 0 amide bonds. The summed E-state index contributed by atoms with van der Waals surface area (Å²) < 4.78 is 5.53. The summed E-state index contributed by atoms with van der Waals surface area (Å²) in [4.78, 5) is 15.6. The quantitative estimate of drug-likeness (QED) is 0.751. The number of fused-ring (bicyclic) bond motifs is 2. The van der Waals surface area contributed by atoms with E-state index in [0.29, 0.717) is 0 Å². The minimum absolute atomic E-state index is 0.764. The molecule has 2 aliphatic heterocycles. The number of H-pyrrole nitrogens is 1. The van der Waals surface area contributed by atoms with Crippen molar-refractivity contribution in [3.63, 3.8) is 0 Å². The molecule has 1 saturated heterocycles. The molecule has 5 rings (SSSR count). The number of morpholine rings is 1. The minimum atomic E-state index is 0.764. The zero-order valence-corrected chi connectivity index (χ0v) is 14.1. The van der Waals surface area contributed by atoms with E-state index in [1.54, 1.807) is 0 Å². The third-order valence-electron chi connectivity index (χ3n) is 5.06. The predicted octanol–water partition coefficient (Wildman–Crippen LogP) is 2.11. The van der Waals surface area contributed by atoms with Gasteiger partial charge < -0.3 is 19.9 Å². The van der Waals surface area contributed by atoms with Crippen molar-refractivity contribution in [2.24, 2.45) is 0 Å². The standard InChI is InChI=1S/C19H21N5O/c1-2-14(13-5-7-21-16(13)3-1)18-22-17-12-20-6-4-15(17)19(23-18)24-8-10-25-11-9-24/h1-3,5,7,20-21H,4,6,8-12H2. The van der Waals surface area contributed by atoms with Gasteiger partial charge >= 0.3 is 0 Å². The zero-order valence-electron chi connectivity index (χ0n) is 14.1. The van der Waals surface area contributed by atoms with Gasteiger partial charge in [0, 0.05) is 47.9 Å². The highest BCUT2D eigenvalue weighted by Crippen LogP contribution is 2.31. The lowest BCUT2D eigenvalue weighted by atomic mass is 10.0. The average Bonchev–Trinajstić information content (AvgIpc) is 3.16. The van der Waals surface area contributed by atoms with Crippen LogP contribution in [0.15, 0.2) is 30.5 Å². The summed E-state index contributed by atoms with van der Waals surface area (Å²) in [5, 5.41) is 4.61. The van der Waals surface area contributed by atoms with Crippen LogP contribution in [-0.2, 0) is 17.7 Å². The summed E-state index contributed by atoms with van der Waals surface area (Å²) in [5.74, 6) is 1.91. The van der Waals surface area contributed by atoms with Crippen molar-refractivity contribution >= 4 is 16.7 Å². The first-order valence-corrected chi connectivity index (χ1v) is 8.90. The minimum Gasteiger partial charge on any atom is -0.378 e. The molecule has 25 heavy (non-hydrogen) atoms. The number of hydrogen-bond donors (Lipinski definition) is 2.